The fourth-order valence-corrected chi connectivity index (χ4v) is 5.50. The van der Waals surface area contributed by atoms with Gasteiger partial charge in [-0.05, 0) is 55.2 Å². The summed E-state index contributed by atoms with van der Waals surface area (Å²) in [5.41, 5.74) is 2.02. The van der Waals surface area contributed by atoms with Gasteiger partial charge in [0.25, 0.3) is 0 Å². The lowest BCUT2D eigenvalue weighted by molar-refractivity contribution is 0.0512. The maximum absolute atomic E-state index is 5.69. The van der Waals surface area contributed by atoms with Crippen molar-refractivity contribution < 1.29 is 9.47 Å². The van der Waals surface area contributed by atoms with Crippen LogP contribution in [0, 0.1) is 5.41 Å². The molecule has 0 radical (unpaired) electrons. The number of likely N-dealkylation sites (tertiary alicyclic amines) is 1. The van der Waals surface area contributed by atoms with Crippen molar-refractivity contribution in [2.75, 3.05) is 47.0 Å². The Labute approximate surface area is 169 Å². The fraction of sp³-hybridized carbons (Fsp3) is 0.696. The molecule has 0 aromatic heterocycles. The Morgan fingerprint density at radius 3 is 2.46 bits per heavy atom. The van der Waals surface area contributed by atoms with Gasteiger partial charge in [-0.15, -0.1) is 0 Å². The summed E-state index contributed by atoms with van der Waals surface area (Å²) in [6, 6.07) is 8.59. The number of guanidine groups is 1. The SMILES string of the molecule is CN=C(NCC1(c2ccc(OC)cc2)CCOCC1)N1CCC2(CCCC2)C1. The van der Waals surface area contributed by atoms with Crippen molar-refractivity contribution in [2.24, 2.45) is 10.4 Å². The molecule has 3 fully saturated rings. The van der Waals surface area contributed by atoms with Crippen LogP contribution in [0.4, 0.5) is 0 Å². The highest BCUT2D eigenvalue weighted by atomic mass is 16.5. The highest BCUT2D eigenvalue weighted by molar-refractivity contribution is 5.80. The van der Waals surface area contributed by atoms with Crippen molar-refractivity contribution in [3.05, 3.63) is 29.8 Å². The molecule has 2 heterocycles. The lowest BCUT2D eigenvalue weighted by atomic mass is 9.74. The first-order valence-corrected chi connectivity index (χ1v) is 10.9. The third-order valence-corrected chi connectivity index (χ3v) is 7.35. The number of methoxy groups -OCH3 is 1. The maximum atomic E-state index is 5.69. The van der Waals surface area contributed by atoms with Gasteiger partial charge in [-0.3, -0.25) is 4.99 Å². The minimum absolute atomic E-state index is 0.0885. The number of aliphatic imine (C=N–C) groups is 1. The van der Waals surface area contributed by atoms with E-state index >= 15 is 0 Å². The fourth-order valence-electron chi connectivity index (χ4n) is 5.50. The molecular formula is C23H35N3O2. The molecule has 1 saturated carbocycles. The monoisotopic (exact) mass is 385 g/mol. The van der Waals surface area contributed by atoms with Gasteiger partial charge >= 0.3 is 0 Å². The van der Waals surface area contributed by atoms with Crippen LogP contribution in [0.15, 0.2) is 29.3 Å². The quantitative estimate of drug-likeness (QED) is 0.636. The zero-order chi connectivity index (χ0) is 19.5. The van der Waals surface area contributed by atoms with Gasteiger partial charge < -0.3 is 19.7 Å². The molecule has 1 aromatic rings. The summed E-state index contributed by atoms with van der Waals surface area (Å²) >= 11 is 0. The molecule has 1 spiro atoms. The molecule has 0 unspecified atom stereocenters. The topological polar surface area (TPSA) is 46.1 Å². The van der Waals surface area contributed by atoms with Crippen molar-refractivity contribution >= 4 is 5.96 Å². The first kappa shape index (κ1) is 19.6. The molecule has 28 heavy (non-hydrogen) atoms. The van der Waals surface area contributed by atoms with Gasteiger partial charge in [0, 0.05) is 45.3 Å². The third-order valence-electron chi connectivity index (χ3n) is 7.35. The molecule has 5 nitrogen and oxygen atoms in total. The van der Waals surface area contributed by atoms with Crippen LogP contribution in [0.2, 0.25) is 0 Å². The predicted octanol–water partition coefficient (Wildman–Crippen LogP) is 3.58. The van der Waals surface area contributed by atoms with Crippen LogP contribution < -0.4 is 10.1 Å². The number of ether oxygens (including phenoxy) is 2. The van der Waals surface area contributed by atoms with Crippen LogP contribution in [0.5, 0.6) is 5.75 Å². The van der Waals surface area contributed by atoms with Crippen molar-refractivity contribution in [2.45, 2.75) is 50.4 Å². The molecule has 2 aliphatic heterocycles. The molecule has 1 aromatic carbocycles. The van der Waals surface area contributed by atoms with E-state index in [1.807, 2.05) is 7.05 Å². The minimum atomic E-state index is 0.0885. The molecule has 1 aliphatic carbocycles. The number of nitrogens with one attached hydrogen (secondary N) is 1. The largest absolute Gasteiger partial charge is 0.497 e. The number of hydrogen-bond acceptors (Lipinski definition) is 3. The van der Waals surface area contributed by atoms with Crippen molar-refractivity contribution in [1.29, 1.82) is 0 Å². The van der Waals surface area contributed by atoms with Crippen molar-refractivity contribution in [1.82, 2.24) is 10.2 Å². The second-order valence-electron chi connectivity index (χ2n) is 8.90. The lowest BCUT2D eigenvalue weighted by Crippen LogP contribution is -2.49. The number of hydrogen-bond donors (Lipinski definition) is 1. The summed E-state index contributed by atoms with van der Waals surface area (Å²) in [5, 5.41) is 3.74. The maximum Gasteiger partial charge on any atom is 0.193 e. The van der Waals surface area contributed by atoms with E-state index in [0.717, 1.165) is 50.9 Å². The van der Waals surface area contributed by atoms with E-state index in [0.29, 0.717) is 5.41 Å². The van der Waals surface area contributed by atoms with Crippen molar-refractivity contribution in [3.63, 3.8) is 0 Å². The molecule has 0 atom stereocenters. The molecular weight excluding hydrogens is 350 g/mol. The first-order valence-electron chi connectivity index (χ1n) is 10.9. The lowest BCUT2D eigenvalue weighted by Gasteiger charge is -2.39. The highest BCUT2D eigenvalue weighted by Gasteiger charge is 2.42. The van der Waals surface area contributed by atoms with E-state index in [2.05, 4.69) is 39.5 Å². The minimum Gasteiger partial charge on any atom is -0.497 e. The van der Waals surface area contributed by atoms with Gasteiger partial charge in [0.15, 0.2) is 5.96 Å². The van der Waals surface area contributed by atoms with Crippen LogP contribution in [0.25, 0.3) is 0 Å². The second kappa shape index (κ2) is 8.32. The summed E-state index contributed by atoms with van der Waals surface area (Å²) in [6.45, 7) is 4.85. The van der Waals surface area contributed by atoms with E-state index in [1.54, 1.807) is 7.11 Å². The predicted molar refractivity (Wildman–Crippen MR) is 113 cm³/mol. The Hall–Kier alpha value is -1.75. The number of rotatable bonds is 4. The van der Waals surface area contributed by atoms with E-state index < -0.39 is 0 Å². The van der Waals surface area contributed by atoms with Crippen LogP contribution in [0.1, 0.15) is 50.5 Å². The average molecular weight is 386 g/mol. The van der Waals surface area contributed by atoms with Crippen LogP contribution in [-0.4, -0.2) is 57.9 Å². The second-order valence-corrected chi connectivity index (χ2v) is 8.90. The van der Waals surface area contributed by atoms with E-state index in [4.69, 9.17) is 9.47 Å². The summed E-state index contributed by atoms with van der Waals surface area (Å²) in [6.07, 6.45) is 8.99. The van der Waals surface area contributed by atoms with Gasteiger partial charge in [-0.1, -0.05) is 25.0 Å². The van der Waals surface area contributed by atoms with E-state index in [1.165, 1.54) is 44.2 Å². The van der Waals surface area contributed by atoms with Crippen LogP contribution in [-0.2, 0) is 10.2 Å². The molecule has 0 bridgehead atoms. The first-order chi connectivity index (χ1) is 13.7. The summed E-state index contributed by atoms with van der Waals surface area (Å²) in [5.74, 6) is 1.98. The normalized spacial score (nSPS) is 23.9. The molecule has 1 N–H and O–H groups in total. The van der Waals surface area contributed by atoms with Gasteiger partial charge in [-0.2, -0.15) is 0 Å². The Morgan fingerprint density at radius 1 is 1.11 bits per heavy atom. The Balaban J connectivity index is 1.46. The zero-order valence-corrected chi connectivity index (χ0v) is 17.5. The average Bonchev–Trinajstić information content (AvgIpc) is 3.39. The number of nitrogens with zero attached hydrogens (tertiary/aromatic N) is 2. The highest BCUT2D eigenvalue weighted by Crippen LogP contribution is 2.45. The van der Waals surface area contributed by atoms with Gasteiger partial charge in [0.05, 0.1) is 7.11 Å². The molecule has 4 rings (SSSR count). The Kier molecular flexibility index (Phi) is 5.81. The molecule has 2 saturated heterocycles. The Bertz CT molecular complexity index is 674. The molecule has 3 aliphatic rings. The van der Waals surface area contributed by atoms with Crippen molar-refractivity contribution in [3.8, 4) is 5.75 Å². The smallest absolute Gasteiger partial charge is 0.193 e. The van der Waals surface area contributed by atoms with Crippen LogP contribution >= 0.6 is 0 Å². The van der Waals surface area contributed by atoms with Gasteiger partial charge in [0.1, 0.15) is 5.75 Å². The van der Waals surface area contributed by atoms with E-state index in [9.17, 15) is 0 Å². The molecule has 0 amide bonds. The summed E-state index contributed by atoms with van der Waals surface area (Å²) in [7, 11) is 3.64. The van der Waals surface area contributed by atoms with Crippen LogP contribution in [0.3, 0.4) is 0 Å². The third kappa shape index (κ3) is 3.86. The molecule has 154 valence electrons. The summed E-state index contributed by atoms with van der Waals surface area (Å²) < 4.78 is 11.0. The Morgan fingerprint density at radius 2 is 1.82 bits per heavy atom. The molecule has 5 heteroatoms. The standard InChI is InChI=1S/C23H35N3O2/c1-24-21(26-14-11-22(18-26)9-3-4-10-22)25-17-23(12-15-28-16-13-23)19-5-7-20(27-2)8-6-19/h5-8H,3-4,9-18H2,1-2H3,(H,24,25). The number of benzene rings is 1. The summed E-state index contributed by atoms with van der Waals surface area (Å²) in [4.78, 5) is 7.13. The van der Waals surface area contributed by atoms with Gasteiger partial charge in [-0.25, -0.2) is 0 Å². The van der Waals surface area contributed by atoms with E-state index in [-0.39, 0.29) is 5.41 Å². The van der Waals surface area contributed by atoms with Gasteiger partial charge in [0.2, 0.25) is 0 Å². The zero-order valence-electron chi connectivity index (χ0n) is 17.5.